The highest BCUT2D eigenvalue weighted by Gasteiger charge is 2.28. The first-order valence-corrected chi connectivity index (χ1v) is 7.68. The lowest BCUT2D eigenvalue weighted by Gasteiger charge is -2.34. The summed E-state index contributed by atoms with van der Waals surface area (Å²) < 4.78 is 14.0. The third kappa shape index (κ3) is 3.70. The van der Waals surface area contributed by atoms with E-state index in [0.717, 1.165) is 18.8 Å². The van der Waals surface area contributed by atoms with Crippen LogP contribution in [0.2, 0.25) is 5.02 Å². The molecule has 2 rings (SSSR count). The van der Waals surface area contributed by atoms with E-state index in [1.807, 2.05) is 12.1 Å². The molecule has 0 spiro atoms. The van der Waals surface area contributed by atoms with Gasteiger partial charge in [-0.2, -0.15) is 0 Å². The van der Waals surface area contributed by atoms with E-state index < -0.39 is 0 Å². The van der Waals surface area contributed by atoms with E-state index in [4.69, 9.17) is 17.3 Å². The average Bonchev–Trinajstić information content (AvgIpc) is 2.39. The van der Waals surface area contributed by atoms with Gasteiger partial charge in [0.15, 0.2) is 0 Å². The van der Waals surface area contributed by atoms with Crippen molar-refractivity contribution in [2.75, 3.05) is 0 Å². The van der Waals surface area contributed by atoms with Crippen LogP contribution in [0.1, 0.15) is 44.6 Å². The van der Waals surface area contributed by atoms with Gasteiger partial charge in [0, 0.05) is 6.04 Å². The molecule has 0 radical (unpaired) electrons. The Hall–Kier alpha value is -0.600. The van der Waals surface area contributed by atoms with Crippen LogP contribution in [0.5, 0.6) is 0 Å². The van der Waals surface area contributed by atoms with Crippen LogP contribution < -0.4 is 5.73 Å². The molecule has 19 heavy (non-hydrogen) atoms. The lowest BCUT2D eigenvalue weighted by molar-refractivity contribution is 0.220. The third-order valence-corrected chi connectivity index (χ3v) is 4.65. The van der Waals surface area contributed by atoms with Crippen LogP contribution in [0.4, 0.5) is 4.39 Å². The van der Waals surface area contributed by atoms with Crippen molar-refractivity contribution in [3.05, 3.63) is 34.6 Å². The second-order valence-corrected chi connectivity index (χ2v) is 6.22. The van der Waals surface area contributed by atoms with E-state index in [0.29, 0.717) is 17.9 Å². The first kappa shape index (κ1) is 14.8. The maximum Gasteiger partial charge on any atom is 0.144 e. The molecule has 0 amide bonds. The maximum absolute atomic E-state index is 14.0. The van der Waals surface area contributed by atoms with E-state index in [9.17, 15) is 4.39 Å². The molecule has 3 unspecified atom stereocenters. The molecule has 1 nitrogen and oxygen atoms in total. The molecule has 0 heterocycles. The number of rotatable bonds is 4. The predicted octanol–water partition coefficient (Wildman–Crippen LogP) is 4.57. The first-order chi connectivity index (χ1) is 9.11. The average molecular weight is 284 g/mol. The first-order valence-electron chi connectivity index (χ1n) is 7.30. The van der Waals surface area contributed by atoms with Gasteiger partial charge in [-0.25, -0.2) is 4.39 Å². The minimum absolute atomic E-state index is 0.200. The number of benzene rings is 1. The second-order valence-electron chi connectivity index (χ2n) is 5.81. The van der Waals surface area contributed by atoms with Gasteiger partial charge in [-0.3, -0.25) is 0 Å². The summed E-state index contributed by atoms with van der Waals surface area (Å²) in [4.78, 5) is 0. The summed E-state index contributed by atoms with van der Waals surface area (Å²) in [6.07, 6.45) is 6.62. The van der Waals surface area contributed by atoms with Crippen molar-refractivity contribution in [3.8, 4) is 0 Å². The van der Waals surface area contributed by atoms with Crippen molar-refractivity contribution in [2.45, 2.75) is 51.5 Å². The van der Waals surface area contributed by atoms with E-state index in [2.05, 4.69) is 6.92 Å². The van der Waals surface area contributed by atoms with Gasteiger partial charge in [-0.1, -0.05) is 43.5 Å². The zero-order valence-electron chi connectivity index (χ0n) is 11.5. The largest absolute Gasteiger partial charge is 0.327 e. The Balaban J connectivity index is 2.05. The molecule has 106 valence electrons. The molecule has 1 aromatic carbocycles. The van der Waals surface area contributed by atoms with Gasteiger partial charge < -0.3 is 5.73 Å². The summed E-state index contributed by atoms with van der Waals surface area (Å²) in [6, 6.07) is 5.45. The maximum atomic E-state index is 14.0. The van der Waals surface area contributed by atoms with Gasteiger partial charge >= 0.3 is 0 Å². The van der Waals surface area contributed by atoms with Gasteiger partial charge in [-0.15, -0.1) is 0 Å². The summed E-state index contributed by atoms with van der Waals surface area (Å²) in [6.45, 7) is 2.22. The summed E-state index contributed by atoms with van der Waals surface area (Å²) in [5, 5.41) is 0.215. The standard InChI is InChI=1S/C16H23ClFN/c1-2-4-11-7-8-15(19)13(9-11)10-12-5-3-6-14(17)16(12)18/h3,5-6,11,13,15H,2,4,7-10,19H2,1H3. The summed E-state index contributed by atoms with van der Waals surface area (Å²) in [7, 11) is 0. The summed E-state index contributed by atoms with van der Waals surface area (Å²) in [5.74, 6) is 0.879. The van der Waals surface area contributed by atoms with E-state index >= 15 is 0 Å². The monoisotopic (exact) mass is 283 g/mol. The molecule has 1 aromatic rings. The minimum Gasteiger partial charge on any atom is -0.327 e. The van der Waals surface area contributed by atoms with Gasteiger partial charge in [0.05, 0.1) is 5.02 Å². The fourth-order valence-electron chi connectivity index (χ4n) is 3.28. The molecule has 1 saturated carbocycles. The topological polar surface area (TPSA) is 26.0 Å². The van der Waals surface area contributed by atoms with Crippen LogP contribution in [0, 0.1) is 17.7 Å². The minimum atomic E-state index is -0.269. The Kier molecular flexibility index (Phi) is 5.23. The molecular formula is C16H23ClFN. The van der Waals surface area contributed by atoms with E-state index in [-0.39, 0.29) is 16.9 Å². The van der Waals surface area contributed by atoms with Crippen molar-refractivity contribution >= 4 is 11.6 Å². The third-order valence-electron chi connectivity index (χ3n) is 4.36. The van der Waals surface area contributed by atoms with Crippen LogP contribution >= 0.6 is 11.6 Å². The fraction of sp³-hybridized carbons (Fsp3) is 0.625. The van der Waals surface area contributed by atoms with Crippen LogP contribution in [0.3, 0.4) is 0 Å². The molecule has 0 aromatic heterocycles. The lowest BCUT2D eigenvalue weighted by atomic mass is 9.74. The molecule has 1 aliphatic rings. The molecule has 3 heteroatoms. The SMILES string of the molecule is CCCC1CCC(N)C(Cc2cccc(Cl)c2F)C1. The molecule has 0 saturated heterocycles. The van der Waals surface area contributed by atoms with Crippen LogP contribution in [-0.2, 0) is 6.42 Å². The summed E-state index contributed by atoms with van der Waals surface area (Å²) in [5.41, 5.74) is 6.93. The van der Waals surface area contributed by atoms with Gasteiger partial charge in [0.2, 0.25) is 0 Å². The number of halogens is 2. The molecule has 0 bridgehead atoms. The van der Waals surface area contributed by atoms with Crippen molar-refractivity contribution < 1.29 is 4.39 Å². The summed E-state index contributed by atoms with van der Waals surface area (Å²) >= 11 is 5.84. The Morgan fingerprint density at radius 2 is 2.16 bits per heavy atom. The Morgan fingerprint density at radius 3 is 2.89 bits per heavy atom. The highest BCUT2D eigenvalue weighted by Crippen LogP contribution is 2.34. The van der Waals surface area contributed by atoms with Crippen molar-refractivity contribution in [1.29, 1.82) is 0 Å². The highest BCUT2D eigenvalue weighted by atomic mass is 35.5. The number of nitrogens with two attached hydrogens (primary N) is 1. The van der Waals surface area contributed by atoms with E-state index in [1.165, 1.54) is 19.3 Å². The van der Waals surface area contributed by atoms with Crippen LogP contribution in [0.25, 0.3) is 0 Å². The van der Waals surface area contributed by atoms with Gasteiger partial charge in [0.25, 0.3) is 0 Å². The lowest BCUT2D eigenvalue weighted by Crippen LogP contribution is -2.37. The van der Waals surface area contributed by atoms with Crippen LogP contribution in [-0.4, -0.2) is 6.04 Å². The number of hydrogen-bond acceptors (Lipinski definition) is 1. The number of hydrogen-bond donors (Lipinski definition) is 1. The Bertz CT molecular complexity index is 421. The molecule has 1 fully saturated rings. The molecule has 1 aliphatic carbocycles. The quantitative estimate of drug-likeness (QED) is 0.861. The van der Waals surface area contributed by atoms with Crippen molar-refractivity contribution in [3.63, 3.8) is 0 Å². The van der Waals surface area contributed by atoms with Gasteiger partial charge in [0.1, 0.15) is 5.82 Å². The van der Waals surface area contributed by atoms with E-state index in [1.54, 1.807) is 6.07 Å². The Labute approximate surface area is 120 Å². The zero-order chi connectivity index (χ0) is 13.8. The highest BCUT2D eigenvalue weighted by molar-refractivity contribution is 6.30. The Morgan fingerprint density at radius 1 is 1.37 bits per heavy atom. The molecular weight excluding hydrogens is 261 g/mol. The molecule has 3 atom stereocenters. The fourth-order valence-corrected chi connectivity index (χ4v) is 3.47. The zero-order valence-corrected chi connectivity index (χ0v) is 12.3. The van der Waals surface area contributed by atoms with Crippen LogP contribution in [0.15, 0.2) is 18.2 Å². The molecule has 0 aliphatic heterocycles. The van der Waals surface area contributed by atoms with Crippen molar-refractivity contribution in [2.24, 2.45) is 17.6 Å². The smallest absolute Gasteiger partial charge is 0.144 e. The predicted molar refractivity (Wildman–Crippen MR) is 78.8 cm³/mol. The van der Waals surface area contributed by atoms with Gasteiger partial charge in [-0.05, 0) is 49.1 Å². The molecule has 2 N–H and O–H groups in total. The normalized spacial score (nSPS) is 27.5. The second kappa shape index (κ2) is 6.71. The van der Waals surface area contributed by atoms with Crippen molar-refractivity contribution in [1.82, 2.24) is 0 Å².